The minimum Gasteiger partial charge on any atom is -0.380 e. The molecule has 0 bridgehead atoms. The number of halogens is 1. The fourth-order valence-corrected chi connectivity index (χ4v) is 2.93. The number of piperidine rings is 1. The highest BCUT2D eigenvalue weighted by atomic mass is 35.5. The van der Waals surface area contributed by atoms with Gasteiger partial charge in [-0.2, -0.15) is 0 Å². The Labute approximate surface area is 146 Å². The number of nitrogens with one attached hydrogen (secondary N) is 3. The molecule has 0 saturated carbocycles. The third-order valence-corrected chi connectivity index (χ3v) is 4.42. The van der Waals surface area contributed by atoms with Crippen molar-refractivity contribution in [2.45, 2.75) is 45.7 Å². The molecular formula is C18H30ClN3O. The van der Waals surface area contributed by atoms with Gasteiger partial charge in [-0.1, -0.05) is 32.0 Å². The van der Waals surface area contributed by atoms with Crippen molar-refractivity contribution in [3.8, 4) is 0 Å². The first-order valence-electron chi connectivity index (χ1n) is 8.39. The fourth-order valence-electron chi connectivity index (χ4n) is 2.93. The molecule has 1 aliphatic rings. The molecule has 1 unspecified atom stereocenters. The summed E-state index contributed by atoms with van der Waals surface area (Å²) in [6.07, 6.45) is 1.87. The first-order valence-corrected chi connectivity index (χ1v) is 8.39. The maximum absolute atomic E-state index is 12.4. The normalized spacial score (nSPS) is 22.1. The Bertz CT molecular complexity index is 467. The average molecular weight is 340 g/mol. The van der Waals surface area contributed by atoms with Gasteiger partial charge in [0.05, 0.1) is 0 Å². The quantitative estimate of drug-likeness (QED) is 0.746. The van der Waals surface area contributed by atoms with Crippen molar-refractivity contribution in [3.05, 3.63) is 30.3 Å². The maximum Gasteiger partial charge on any atom is 0.223 e. The third-order valence-electron chi connectivity index (χ3n) is 4.42. The van der Waals surface area contributed by atoms with Crippen LogP contribution in [0.1, 0.15) is 33.6 Å². The molecular weight excluding hydrogens is 310 g/mol. The third kappa shape index (κ3) is 6.40. The second-order valence-electron chi connectivity index (χ2n) is 6.68. The van der Waals surface area contributed by atoms with Crippen LogP contribution in [0.25, 0.3) is 0 Å². The van der Waals surface area contributed by atoms with E-state index in [2.05, 4.69) is 48.9 Å². The predicted molar refractivity (Wildman–Crippen MR) is 99.1 cm³/mol. The number of amides is 1. The standard InChI is InChI=1S/C18H29N3O.ClH/c1-13(2)17(21-16-7-5-4-6-8-16)12-20-18(22)15-9-10-19-14(3)11-15;/h4-8,13-15,17,19,21H,9-12H2,1-3H3,(H,20,22);1H/t14-,15-,17?;/m0./s1. The van der Waals surface area contributed by atoms with Gasteiger partial charge in [0.2, 0.25) is 5.91 Å². The lowest BCUT2D eigenvalue weighted by atomic mass is 9.92. The summed E-state index contributed by atoms with van der Waals surface area (Å²) in [6, 6.07) is 10.9. The van der Waals surface area contributed by atoms with E-state index in [0.29, 0.717) is 18.5 Å². The van der Waals surface area contributed by atoms with Gasteiger partial charge < -0.3 is 16.0 Å². The monoisotopic (exact) mass is 339 g/mol. The van der Waals surface area contributed by atoms with Crippen LogP contribution in [0, 0.1) is 11.8 Å². The Hall–Kier alpha value is -1.26. The Morgan fingerprint density at radius 1 is 1.30 bits per heavy atom. The first kappa shape index (κ1) is 19.8. The van der Waals surface area contributed by atoms with E-state index in [0.717, 1.165) is 25.1 Å². The zero-order chi connectivity index (χ0) is 15.9. The molecule has 5 heteroatoms. The summed E-state index contributed by atoms with van der Waals surface area (Å²) in [5.41, 5.74) is 1.10. The van der Waals surface area contributed by atoms with Gasteiger partial charge >= 0.3 is 0 Å². The van der Waals surface area contributed by atoms with Gasteiger partial charge in [-0.25, -0.2) is 0 Å². The minimum absolute atomic E-state index is 0. The van der Waals surface area contributed by atoms with Crippen molar-refractivity contribution < 1.29 is 4.79 Å². The molecule has 1 heterocycles. The Morgan fingerprint density at radius 3 is 2.61 bits per heavy atom. The molecule has 4 nitrogen and oxygen atoms in total. The van der Waals surface area contributed by atoms with E-state index in [1.54, 1.807) is 0 Å². The Kier molecular flexibility index (Phi) is 8.42. The lowest BCUT2D eigenvalue weighted by Gasteiger charge is -2.29. The molecule has 1 aliphatic heterocycles. The second-order valence-corrected chi connectivity index (χ2v) is 6.68. The Morgan fingerprint density at radius 2 is 2.00 bits per heavy atom. The summed E-state index contributed by atoms with van der Waals surface area (Å²) >= 11 is 0. The SMILES string of the molecule is CC(C)C(CNC(=O)[C@H]1CCN[C@@H](C)C1)Nc1ccccc1.Cl. The number of benzene rings is 1. The number of hydrogen-bond acceptors (Lipinski definition) is 3. The lowest BCUT2D eigenvalue weighted by Crippen LogP contribution is -2.46. The van der Waals surface area contributed by atoms with Gasteiger partial charge in [-0.3, -0.25) is 4.79 Å². The molecule has 0 radical (unpaired) electrons. The molecule has 1 fully saturated rings. The summed E-state index contributed by atoms with van der Waals surface area (Å²) in [4.78, 5) is 12.4. The van der Waals surface area contributed by atoms with E-state index < -0.39 is 0 Å². The van der Waals surface area contributed by atoms with Crippen molar-refractivity contribution in [2.75, 3.05) is 18.4 Å². The van der Waals surface area contributed by atoms with Crippen LogP contribution in [-0.2, 0) is 4.79 Å². The highest BCUT2D eigenvalue weighted by molar-refractivity contribution is 5.85. The molecule has 1 amide bonds. The molecule has 3 N–H and O–H groups in total. The topological polar surface area (TPSA) is 53.2 Å². The second kappa shape index (κ2) is 9.78. The van der Waals surface area contributed by atoms with Gasteiger partial charge in [0.25, 0.3) is 0 Å². The molecule has 23 heavy (non-hydrogen) atoms. The van der Waals surface area contributed by atoms with E-state index >= 15 is 0 Å². The van der Waals surface area contributed by atoms with Crippen LogP contribution in [0.3, 0.4) is 0 Å². The zero-order valence-corrected chi connectivity index (χ0v) is 15.2. The van der Waals surface area contributed by atoms with Crippen LogP contribution in [0.15, 0.2) is 30.3 Å². The number of carbonyl (C=O) groups excluding carboxylic acids is 1. The van der Waals surface area contributed by atoms with Crippen LogP contribution < -0.4 is 16.0 Å². The van der Waals surface area contributed by atoms with Gasteiger partial charge in [-0.15, -0.1) is 12.4 Å². The average Bonchev–Trinajstić information content (AvgIpc) is 2.51. The number of rotatable bonds is 6. The van der Waals surface area contributed by atoms with Gasteiger partial charge in [-0.05, 0) is 44.4 Å². The molecule has 0 aliphatic carbocycles. The molecule has 130 valence electrons. The van der Waals surface area contributed by atoms with Crippen LogP contribution in [0.2, 0.25) is 0 Å². The van der Waals surface area contributed by atoms with Crippen LogP contribution in [0.5, 0.6) is 0 Å². The fraction of sp³-hybridized carbons (Fsp3) is 0.611. The number of anilines is 1. The Balaban J connectivity index is 0.00000264. The number of carbonyl (C=O) groups is 1. The van der Waals surface area contributed by atoms with Gasteiger partial charge in [0.1, 0.15) is 0 Å². The van der Waals surface area contributed by atoms with Crippen LogP contribution in [-0.4, -0.2) is 31.1 Å². The molecule has 0 spiro atoms. The number of para-hydroxylation sites is 1. The predicted octanol–water partition coefficient (Wildman–Crippen LogP) is 3.05. The van der Waals surface area contributed by atoms with Crippen molar-refractivity contribution in [3.63, 3.8) is 0 Å². The first-order chi connectivity index (χ1) is 10.6. The highest BCUT2D eigenvalue weighted by Crippen LogP contribution is 2.17. The van der Waals surface area contributed by atoms with Gasteiger partial charge in [0, 0.05) is 30.2 Å². The van der Waals surface area contributed by atoms with Gasteiger partial charge in [0.15, 0.2) is 0 Å². The molecule has 1 aromatic rings. The molecule has 0 aromatic heterocycles. The van der Waals surface area contributed by atoms with Crippen molar-refractivity contribution in [1.82, 2.24) is 10.6 Å². The van der Waals surface area contributed by atoms with E-state index in [9.17, 15) is 4.79 Å². The van der Waals surface area contributed by atoms with Crippen LogP contribution >= 0.6 is 12.4 Å². The summed E-state index contributed by atoms with van der Waals surface area (Å²) in [5.74, 6) is 0.808. The van der Waals surface area contributed by atoms with Crippen molar-refractivity contribution >= 4 is 24.0 Å². The number of hydrogen-bond donors (Lipinski definition) is 3. The van der Waals surface area contributed by atoms with E-state index in [1.807, 2.05) is 18.2 Å². The lowest BCUT2D eigenvalue weighted by molar-refractivity contribution is -0.126. The van der Waals surface area contributed by atoms with Crippen molar-refractivity contribution in [1.29, 1.82) is 0 Å². The smallest absolute Gasteiger partial charge is 0.223 e. The molecule has 3 atom stereocenters. The summed E-state index contributed by atoms with van der Waals surface area (Å²) in [5, 5.41) is 10.1. The molecule has 1 saturated heterocycles. The largest absolute Gasteiger partial charge is 0.380 e. The van der Waals surface area contributed by atoms with E-state index in [4.69, 9.17) is 0 Å². The summed E-state index contributed by atoms with van der Waals surface area (Å²) in [7, 11) is 0. The van der Waals surface area contributed by atoms with Crippen LogP contribution in [0.4, 0.5) is 5.69 Å². The minimum atomic E-state index is 0. The summed E-state index contributed by atoms with van der Waals surface area (Å²) < 4.78 is 0. The molecule has 2 rings (SSSR count). The maximum atomic E-state index is 12.4. The highest BCUT2D eigenvalue weighted by Gasteiger charge is 2.25. The van der Waals surface area contributed by atoms with Crippen molar-refractivity contribution in [2.24, 2.45) is 11.8 Å². The molecule has 1 aromatic carbocycles. The van der Waals surface area contributed by atoms with E-state index in [-0.39, 0.29) is 30.3 Å². The zero-order valence-electron chi connectivity index (χ0n) is 14.3. The summed E-state index contributed by atoms with van der Waals surface area (Å²) in [6.45, 7) is 8.12. The van der Waals surface area contributed by atoms with E-state index in [1.165, 1.54) is 0 Å².